The summed E-state index contributed by atoms with van der Waals surface area (Å²) in [5.41, 5.74) is 0. The van der Waals surface area contributed by atoms with Crippen LogP contribution in [0.1, 0.15) is 20.3 Å². The zero-order valence-corrected chi connectivity index (χ0v) is 9.51. The summed E-state index contributed by atoms with van der Waals surface area (Å²) < 4.78 is 0. The predicted molar refractivity (Wildman–Crippen MR) is 57.0 cm³/mol. The fourth-order valence-electron chi connectivity index (χ4n) is 1.57. The van der Waals surface area contributed by atoms with E-state index in [-0.39, 0.29) is 12.5 Å². The second-order valence-electron chi connectivity index (χ2n) is 4.29. The smallest absolute Gasteiger partial charge is 0.325 e. The number of amides is 2. The summed E-state index contributed by atoms with van der Waals surface area (Å²) in [7, 11) is 0. The first-order valence-electron chi connectivity index (χ1n) is 5.38. The SMILES string of the molecule is CC1CCN(C(=O)N[C@@H](C)C(=O)O)CC1O. The minimum Gasteiger partial charge on any atom is -0.480 e. The highest BCUT2D eigenvalue weighted by Gasteiger charge is 2.28. The van der Waals surface area contributed by atoms with Gasteiger partial charge in [-0.3, -0.25) is 4.79 Å². The number of carbonyl (C=O) groups excluding carboxylic acids is 1. The van der Waals surface area contributed by atoms with Gasteiger partial charge >= 0.3 is 12.0 Å². The topological polar surface area (TPSA) is 89.9 Å². The second-order valence-corrected chi connectivity index (χ2v) is 4.29. The molecular formula is C10H18N2O4. The average Bonchev–Trinajstić information content (AvgIpc) is 2.21. The number of urea groups is 1. The van der Waals surface area contributed by atoms with E-state index in [9.17, 15) is 14.7 Å². The Balaban J connectivity index is 2.46. The Hall–Kier alpha value is -1.30. The third-order valence-electron chi connectivity index (χ3n) is 2.92. The highest BCUT2D eigenvalue weighted by molar-refractivity contribution is 5.82. The van der Waals surface area contributed by atoms with Crippen molar-refractivity contribution in [3.8, 4) is 0 Å². The van der Waals surface area contributed by atoms with E-state index >= 15 is 0 Å². The quantitative estimate of drug-likeness (QED) is 0.616. The van der Waals surface area contributed by atoms with Crippen molar-refractivity contribution in [2.45, 2.75) is 32.4 Å². The maximum Gasteiger partial charge on any atom is 0.325 e. The molecule has 0 saturated carbocycles. The molecule has 1 fully saturated rings. The van der Waals surface area contributed by atoms with Gasteiger partial charge in [0, 0.05) is 13.1 Å². The van der Waals surface area contributed by atoms with Crippen LogP contribution in [0.2, 0.25) is 0 Å². The van der Waals surface area contributed by atoms with Gasteiger partial charge in [0.25, 0.3) is 0 Å². The molecule has 3 atom stereocenters. The molecule has 0 aliphatic carbocycles. The van der Waals surface area contributed by atoms with E-state index in [2.05, 4.69) is 5.32 Å². The van der Waals surface area contributed by atoms with Gasteiger partial charge in [0.2, 0.25) is 0 Å². The summed E-state index contributed by atoms with van der Waals surface area (Å²) in [6.45, 7) is 4.15. The molecular weight excluding hydrogens is 212 g/mol. The lowest BCUT2D eigenvalue weighted by atomic mass is 9.96. The molecule has 92 valence electrons. The zero-order chi connectivity index (χ0) is 12.3. The number of nitrogens with one attached hydrogen (secondary N) is 1. The van der Waals surface area contributed by atoms with Crippen LogP contribution >= 0.6 is 0 Å². The largest absolute Gasteiger partial charge is 0.480 e. The molecule has 1 saturated heterocycles. The van der Waals surface area contributed by atoms with Crippen LogP contribution < -0.4 is 5.32 Å². The number of β-amino-alcohol motifs (C(OH)–C–C–N with tert-alkyl or cyclic N) is 1. The Morgan fingerprint density at radius 3 is 2.62 bits per heavy atom. The number of aliphatic hydroxyl groups is 1. The van der Waals surface area contributed by atoms with E-state index in [4.69, 9.17) is 5.11 Å². The number of aliphatic carboxylic acids is 1. The van der Waals surface area contributed by atoms with Gasteiger partial charge in [-0.1, -0.05) is 6.92 Å². The first-order chi connectivity index (χ1) is 7.41. The first kappa shape index (κ1) is 12.8. The summed E-state index contributed by atoms with van der Waals surface area (Å²) >= 11 is 0. The van der Waals surface area contributed by atoms with Crippen molar-refractivity contribution >= 4 is 12.0 Å². The van der Waals surface area contributed by atoms with Crippen LogP contribution in [0.25, 0.3) is 0 Å². The zero-order valence-electron chi connectivity index (χ0n) is 9.51. The van der Waals surface area contributed by atoms with E-state index in [0.29, 0.717) is 6.54 Å². The van der Waals surface area contributed by atoms with E-state index in [0.717, 1.165) is 6.42 Å². The third-order valence-corrected chi connectivity index (χ3v) is 2.92. The molecule has 2 amide bonds. The van der Waals surface area contributed by atoms with Crippen LogP contribution in [0.5, 0.6) is 0 Å². The lowest BCUT2D eigenvalue weighted by molar-refractivity contribution is -0.138. The third kappa shape index (κ3) is 3.10. The van der Waals surface area contributed by atoms with Gasteiger partial charge in [-0.05, 0) is 19.3 Å². The molecule has 6 heteroatoms. The number of carbonyl (C=O) groups is 2. The molecule has 2 unspecified atom stereocenters. The maximum atomic E-state index is 11.6. The van der Waals surface area contributed by atoms with Crippen LogP contribution in [0.3, 0.4) is 0 Å². The predicted octanol–water partition coefficient (Wildman–Crippen LogP) is -0.128. The average molecular weight is 230 g/mol. The number of hydrogen-bond donors (Lipinski definition) is 3. The molecule has 3 N–H and O–H groups in total. The van der Waals surface area contributed by atoms with Gasteiger partial charge in [-0.15, -0.1) is 0 Å². The number of likely N-dealkylation sites (tertiary alicyclic amines) is 1. The van der Waals surface area contributed by atoms with Crippen molar-refractivity contribution in [3.05, 3.63) is 0 Å². The van der Waals surface area contributed by atoms with Gasteiger partial charge in [0.05, 0.1) is 6.10 Å². The molecule has 16 heavy (non-hydrogen) atoms. The normalized spacial score (nSPS) is 27.3. The van der Waals surface area contributed by atoms with Crippen LogP contribution in [-0.4, -0.2) is 52.3 Å². The number of aliphatic hydroxyl groups excluding tert-OH is 1. The summed E-state index contributed by atoms with van der Waals surface area (Å²) in [4.78, 5) is 23.6. The Kier molecular flexibility index (Phi) is 4.12. The number of carboxylic acids is 1. The van der Waals surface area contributed by atoms with E-state index in [1.807, 2.05) is 6.92 Å². The highest BCUT2D eigenvalue weighted by atomic mass is 16.4. The van der Waals surface area contributed by atoms with Crippen molar-refractivity contribution in [3.63, 3.8) is 0 Å². The Morgan fingerprint density at radius 1 is 1.50 bits per heavy atom. The van der Waals surface area contributed by atoms with Crippen molar-refractivity contribution in [2.75, 3.05) is 13.1 Å². The number of rotatable bonds is 2. The van der Waals surface area contributed by atoms with Crippen molar-refractivity contribution in [1.29, 1.82) is 0 Å². The summed E-state index contributed by atoms with van der Waals surface area (Å²) in [5, 5.41) is 20.6. The van der Waals surface area contributed by atoms with E-state index in [1.54, 1.807) is 0 Å². The van der Waals surface area contributed by atoms with Crippen LogP contribution in [0.15, 0.2) is 0 Å². The molecule has 0 radical (unpaired) electrons. The molecule has 1 aliphatic rings. The molecule has 0 bridgehead atoms. The second kappa shape index (κ2) is 5.16. The van der Waals surface area contributed by atoms with E-state index in [1.165, 1.54) is 11.8 Å². The Morgan fingerprint density at radius 2 is 2.12 bits per heavy atom. The molecule has 1 aliphatic heterocycles. The molecule has 0 aromatic rings. The van der Waals surface area contributed by atoms with Crippen LogP contribution in [0, 0.1) is 5.92 Å². The van der Waals surface area contributed by atoms with E-state index < -0.39 is 24.1 Å². The minimum atomic E-state index is -1.07. The number of nitrogens with zero attached hydrogens (tertiary/aromatic N) is 1. The Bertz CT molecular complexity index is 282. The lowest BCUT2D eigenvalue weighted by Crippen LogP contribution is -2.52. The molecule has 1 heterocycles. The lowest BCUT2D eigenvalue weighted by Gasteiger charge is -2.34. The van der Waals surface area contributed by atoms with Crippen molar-refractivity contribution in [1.82, 2.24) is 10.2 Å². The first-order valence-corrected chi connectivity index (χ1v) is 5.38. The highest BCUT2D eigenvalue weighted by Crippen LogP contribution is 2.16. The molecule has 6 nitrogen and oxygen atoms in total. The van der Waals surface area contributed by atoms with Gasteiger partial charge in [-0.25, -0.2) is 4.79 Å². The van der Waals surface area contributed by atoms with Crippen LogP contribution in [0.4, 0.5) is 4.79 Å². The standard InChI is InChI=1S/C10H18N2O4/c1-6-3-4-12(5-8(6)13)10(16)11-7(2)9(14)15/h6-8,13H,3-5H2,1-2H3,(H,11,16)(H,14,15)/t6?,7-,8?/m0/s1. The van der Waals surface area contributed by atoms with Crippen molar-refractivity contribution < 1.29 is 19.8 Å². The molecule has 0 aromatic carbocycles. The monoisotopic (exact) mass is 230 g/mol. The number of hydrogen-bond acceptors (Lipinski definition) is 3. The van der Waals surface area contributed by atoms with Crippen LogP contribution in [-0.2, 0) is 4.79 Å². The molecule has 0 aromatic heterocycles. The number of carboxylic acid groups (broad SMARTS) is 1. The number of piperidine rings is 1. The minimum absolute atomic E-state index is 0.181. The van der Waals surface area contributed by atoms with Gasteiger partial charge in [0.15, 0.2) is 0 Å². The fraction of sp³-hybridized carbons (Fsp3) is 0.800. The van der Waals surface area contributed by atoms with Gasteiger partial charge in [0.1, 0.15) is 6.04 Å². The molecule has 1 rings (SSSR count). The summed E-state index contributed by atoms with van der Waals surface area (Å²) in [6.07, 6.45) is 0.204. The van der Waals surface area contributed by atoms with Gasteiger partial charge in [-0.2, -0.15) is 0 Å². The molecule has 0 spiro atoms. The summed E-state index contributed by atoms with van der Waals surface area (Å²) in [5.74, 6) is -0.889. The van der Waals surface area contributed by atoms with Crippen molar-refractivity contribution in [2.24, 2.45) is 5.92 Å². The van der Waals surface area contributed by atoms with Gasteiger partial charge < -0.3 is 20.4 Å². The maximum absolute atomic E-state index is 11.6. The Labute approximate surface area is 94.2 Å². The summed E-state index contributed by atoms with van der Waals surface area (Å²) in [6, 6.07) is -1.34. The fourth-order valence-corrected chi connectivity index (χ4v) is 1.57.